The predicted octanol–water partition coefficient (Wildman–Crippen LogP) is 4.65. The lowest BCUT2D eigenvalue weighted by molar-refractivity contribution is 1.19. The highest BCUT2D eigenvalue weighted by Gasteiger charge is 2.02. The lowest BCUT2D eigenvalue weighted by atomic mass is 10.3. The Kier molecular flexibility index (Phi) is 4.06. The summed E-state index contributed by atoms with van der Waals surface area (Å²) in [5.41, 5.74) is 1.58. The molecular weight excluding hydrogens is 320 g/mol. The van der Waals surface area contributed by atoms with Gasteiger partial charge in [0, 0.05) is 21.3 Å². The Hall–Kier alpha value is -1.02. The van der Waals surface area contributed by atoms with Gasteiger partial charge in [-0.25, -0.2) is 0 Å². The number of anilines is 1. The second-order valence-electron chi connectivity index (χ2n) is 3.39. The highest BCUT2D eigenvalue weighted by molar-refractivity contribution is 9.10. The highest BCUT2D eigenvalue weighted by Crippen LogP contribution is 2.26. The molecule has 1 aromatic heterocycles. The van der Waals surface area contributed by atoms with Gasteiger partial charge < -0.3 is 5.32 Å². The van der Waals surface area contributed by atoms with Crippen LogP contribution in [0.25, 0.3) is 0 Å². The van der Waals surface area contributed by atoms with Gasteiger partial charge >= 0.3 is 0 Å². The lowest BCUT2D eigenvalue weighted by Gasteiger charge is -2.07. The van der Waals surface area contributed by atoms with Crippen molar-refractivity contribution in [3.63, 3.8) is 0 Å². The van der Waals surface area contributed by atoms with Gasteiger partial charge in [0.25, 0.3) is 0 Å². The van der Waals surface area contributed by atoms with Crippen LogP contribution in [0.1, 0.15) is 10.4 Å². The van der Waals surface area contributed by atoms with Gasteiger partial charge in [0.15, 0.2) is 0 Å². The molecule has 1 heterocycles. The Bertz CT molecular complexity index is 574. The van der Waals surface area contributed by atoms with Crippen LogP contribution in [0.15, 0.2) is 34.1 Å². The molecule has 1 N–H and O–H groups in total. The van der Waals surface area contributed by atoms with Crippen molar-refractivity contribution in [2.75, 3.05) is 5.32 Å². The molecule has 0 saturated carbocycles. The van der Waals surface area contributed by atoms with Gasteiger partial charge in [0.1, 0.15) is 6.07 Å². The zero-order valence-corrected chi connectivity index (χ0v) is 11.9. The fraction of sp³-hybridized carbons (Fsp3) is 0.0833. The molecule has 0 atom stereocenters. The normalized spacial score (nSPS) is 9.94. The summed E-state index contributed by atoms with van der Waals surface area (Å²) in [6, 6.07) is 9.66. The molecule has 0 aliphatic carbocycles. The van der Waals surface area contributed by atoms with E-state index in [2.05, 4.69) is 27.3 Å². The number of nitrogens with one attached hydrogen (secondary N) is 1. The molecule has 0 fully saturated rings. The fourth-order valence-electron chi connectivity index (χ4n) is 1.35. The number of hydrogen-bond acceptors (Lipinski definition) is 3. The van der Waals surface area contributed by atoms with Crippen LogP contribution >= 0.6 is 38.9 Å². The Morgan fingerprint density at radius 1 is 1.41 bits per heavy atom. The number of halogens is 2. The topological polar surface area (TPSA) is 35.8 Å². The standard InChI is InChI=1S/C12H8BrClN2S/c13-9-1-2-11(14)12(4-9)16-6-10-3-8(5-15)7-17-10/h1-4,7,16H,6H2. The third kappa shape index (κ3) is 3.22. The SMILES string of the molecule is N#Cc1csc(CNc2cc(Br)ccc2Cl)c1. The Labute approximate surface area is 117 Å². The molecule has 86 valence electrons. The van der Waals surface area contributed by atoms with Crippen molar-refractivity contribution in [1.29, 1.82) is 5.26 Å². The third-order valence-electron chi connectivity index (χ3n) is 2.16. The predicted molar refractivity (Wildman–Crippen MR) is 75.5 cm³/mol. The number of nitrogens with zero attached hydrogens (tertiary/aromatic N) is 1. The van der Waals surface area contributed by atoms with E-state index in [0.717, 1.165) is 15.0 Å². The molecule has 1 aromatic carbocycles. The molecule has 2 nitrogen and oxygen atoms in total. The van der Waals surface area contributed by atoms with Crippen LogP contribution in [0.3, 0.4) is 0 Å². The molecule has 17 heavy (non-hydrogen) atoms. The van der Waals surface area contributed by atoms with E-state index in [9.17, 15) is 0 Å². The van der Waals surface area contributed by atoms with Crippen LogP contribution in [-0.4, -0.2) is 0 Å². The van der Waals surface area contributed by atoms with E-state index < -0.39 is 0 Å². The highest BCUT2D eigenvalue weighted by atomic mass is 79.9. The summed E-state index contributed by atoms with van der Waals surface area (Å²) >= 11 is 11.0. The minimum Gasteiger partial charge on any atom is -0.379 e. The van der Waals surface area contributed by atoms with E-state index in [4.69, 9.17) is 16.9 Å². The van der Waals surface area contributed by atoms with E-state index in [1.807, 2.05) is 29.6 Å². The molecule has 0 aliphatic rings. The van der Waals surface area contributed by atoms with Gasteiger partial charge in [0.2, 0.25) is 0 Å². The maximum absolute atomic E-state index is 8.73. The largest absolute Gasteiger partial charge is 0.379 e. The van der Waals surface area contributed by atoms with Crippen LogP contribution in [0, 0.1) is 11.3 Å². The summed E-state index contributed by atoms with van der Waals surface area (Å²) in [7, 11) is 0. The first-order valence-electron chi connectivity index (χ1n) is 4.85. The van der Waals surface area contributed by atoms with Crippen molar-refractivity contribution < 1.29 is 0 Å². The number of rotatable bonds is 3. The maximum atomic E-state index is 8.73. The first kappa shape index (κ1) is 12.4. The molecule has 2 rings (SSSR count). The zero-order valence-electron chi connectivity index (χ0n) is 8.71. The van der Waals surface area contributed by atoms with Crippen LogP contribution < -0.4 is 5.32 Å². The van der Waals surface area contributed by atoms with Crippen LogP contribution in [0.4, 0.5) is 5.69 Å². The number of hydrogen-bond donors (Lipinski definition) is 1. The van der Waals surface area contributed by atoms with Gasteiger partial charge in [0.05, 0.1) is 16.3 Å². The Balaban J connectivity index is 2.07. The summed E-state index contributed by atoms with van der Waals surface area (Å²) in [5.74, 6) is 0. The molecule has 0 aliphatic heterocycles. The van der Waals surface area contributed by atoms with Crippen molar-refractivity contribution in [3.8, 4) is 6.07 Å². The van der Waals surface area contributed by atoms with Crippen molar-refractivity contribution in [2.45, 2.75) is 6.54 Å². The molecule has 0 unspecified atom stereocenters. The second kappa shape index (κ2) is 5.54. The molecule has 0 radical (unpaired) electrons. The molecule has 5 heteroatoms. The molecule has 0 spiro atoms. The van der Waals surface area contributed by atoms with E-state index in [1.165, 1.54) is 0 Å². The number of thiophene rings is 1. The van der Waals surface area contributed by atoms with Crippen LogP contribution in [-0.2, 0) is 6.54 Å². The van der Waals surface area contributed by atoms with Crippen molar-refractivity contribution in [3.05, 3.63) is 49.6 Å². The molecule has 0 saturated heterocycles. The quantitative estimate of drug-likeness (QED) is 0.891. The van der Waals surface area contributed by atoms with Crippen molar-refractivity contribution >= 4 is 44.6 Å². The fourth-order valence-corrected chi connectivity index (χ4v) is 2.64. The van der Waals surface area contributed by atoms with Crippen LogP contribution in [0.2, 0.25) is 5.02 Å². The van der Waals surface area contributed by atoms with Gasteiger partial charge in [-0.2, -0.15) is 5.26 Å². The van der Waals surface area contributed by atoms with E-state index >= 15 is 0 Å². The third-order valence-corrected chi connectivity index (χ3v) is 3.92. The summed E-state index contributed by atoms with van der Waals surface area (Å²) in [6.45, 7) is 0.669. The van der Waals surface area contributed by atoms with E-state index in [1.54, 1.807) is 11.3 Å². The second-order valence-corrected chi connectivity index (χ2v) is 5.71. The Morgan fingerprint density at radius 2 is 2.24 bits per heavy atom. The smallest absolute Gasteiger partial charge is 0.100 e. The van der Waals surface area contributed by atoms with Gasteiger partial charge in [-0.05, 0) is 24.3 Å². The molecule has 0 bridgehead atoms. The molecule has 2 aromatic rings. The minimum absolute atomic E-state index is 0.669. The average Bonchev–Trinajstić information content (AvgIpc) is 2.78. The van der Waals surface area contributed by atoms with E-state index in [0.29, 0.717) is 17.1 Å². The summed E-state index contributed by atoms with van der Waals surface area (Å²) in [4.78, 5) is 1.11. The minimum atomic E-state index is 0.669. The summed E-state index contributed by atoms with van der Waals surface area (Å²) in [5, 5.41) is 14.5. The van der Waals surface area contributed by atoms with E-state index in [-0.39, 0.29) is 0 Å². The lowest BCUT2D eigenvalue weighted by Crippen LogP contribution is -1.97. The average molecular weight is 328 g/mol. The van der Waals surface area contributed by atoms with Gasteiger partial charge in [-0.3, -0.25) is 0 Å². The number of benzene rings is 1. The van der Waals surface area contributed by atoms with Crippen LogP contribution in [0.5, 0.6) is 0 Å². The maximum Gasteiger partial charge on any atom is 0.100 e. The monoisotopic (exact) mass is 326 g/mol. The first-order chi connectivity index (χ1) is 8.19. The molecular formula is C12H8BrClN2S. The van der Waals surface area contributed by atoms with Crippen molar-refractivity contribution in [2.24, 2.45) is 0 Å². The van der Waals surface area contributed by atoms with Gasteiger partial charge in [-0.1, -0.05) is 27.5 Å². The zero-order chi connectivity index (χ0) is 12.3. The molecule has 0 amide bonds. The Morgan fingerprint density at radius 3 is 2.94 bits per heavy atom. The summed E-state index contributed by atoms with van der Waals surface area (Å²) < 4.78 is 0.980. The summed E-state index contributed by atoms with van der Waals surface area (Å²) in [6.07, 6.45) is 0. The van der Waals surface area contributed by atoms with Gasteiger partial charge in [-0.15, -0.1) is 11.3 Å². The van der Waals surface area contributed by atoms with Crippen molar-refractivity contribution in [1.82, 2.24) is 0 Å². The first-order valence-corrected chi connectivity index (χ1v) is 6.90. The number of nitriles is 1.